The van der Waals surface area contributed by atoms with Gasteiger partial charge < -0.3 is 0 Å². The van der Waals surface area contributed by atoms with E-state index in [1.54, 1.807) is 24.3 Å². The van der Waals surface area contributed by atoms with Crippen LogP contribution in [0.3, 0.4) is 0 Å². The average Bonchev–Trinajstić information content (AvgIpc) is 3.27. The third kappa shape index (κ3) is 5.75. The second-order valence-electron chi connectivity index (χ2n) is 6.81. The number of hydrogen-bond donors (Lipinski definition) is 4. The first-order chi connectivity index (χ1) is 15.5. The van der Waals surface area contributed by atoms with Crippen molar-refractivity contribution in [3.05, 3.63) is 71.9 Å². The third-order valence-electron chi connectivity index (χ3n) is 4.40. The zero-order valence-corrected chi connectivity index (χ0v) is 17.8. The molecule has 0 bridgehead atoms. The minimum absolute atomic E-state index is 0.0153. The standard InChI is InChI=1S/C20H18F3N5O4S/c1-12(28-33(31,32)17-10-6-5-9-14(17)20(21,22)23)18(29)26-27-19(30)16-11-15(24-25-16)13-7-3-2-4-8-13/h2-12,28H,1H3,(H,24,25)(H,26,29)(H,27,30)/t12-/m0/s1. The molecule has 0 unspecified atom stereocenters. The zero-order valence-electron chi connectivity index (χ0n) is 17.0. The monoisotopic (exact) mass is 481 g/mol. The molecule has 0 radical (unpaired) electrons. The van der Waals surface area contributed by atoms with Gasteiger partial charge in [0.05, 0.1) is 22.2 Å². The Morgan fingerprint density at radius 2 is 1.64 bits per heavy atom. The molecule has 33 heavy (non-hydrogen) atoms. The summed E-state index contributed by atoms with van der Waals surface area (Å²) in [6.45, 7) is 1.11. The number of carbonyl (C=O) groups is 2. The fraction of sp³-hybridized carbons (Fsp3) is 0.150. The van der Waals surface area contributed by atoms with Crippen molar-refractivity contribution in [2.45, 2.75) is 24.0 Å². The summed E-state index contributed by atoms with van der Waals surface area (Å²) < 4.78 is 66.1. The molecule has 4 N–H and O–H groups in total. The first-order valence-corrected chi connectivity index (χ1v) is 10.9. The van der Waals surface area contributed by atoms with Crippen LogP contribution in [-0.2, 0) is 21.0 Å². The van der Waals surface area contributed by atoms with E-state index in [1.165, 1.54) is 6.07 Å². The van der Waals surface area contributed by atoms with Gasteiger partial charge in [-0.2, -0.15) is 23.0 Å². The predicted octanol–water partition coefficient (Wildman–Crippen LogP) is 2.22. The van der Waals surface area contributed by atoms with Crippen molar-refractivity contribution in [3.8, 4) is 11.3 Å². The van der Waals surface area contributed by atoms with Crippen LogP contribution in [-0.4, -0.2) is 36.5 Å². The van der Waals surface area contributed by atoms with Gasteiger partial charge in [0.15, 0.2) is 0 Å². The molecule has 0 aliphatic rings. The smallest absolute Gasteiger partial charge is 0.272 e. The zero-order chi connectivity index (χ0) is 24.2. The van der Waals surface area contributed by atoms with E-state index in [0.29, 0.717) is 11.8 Å². The number of aromatic amines is 1. The molecular weight excluding hydrogens is 463 g/mol. The number of nitrogens with one attached hydrogen (secondary N) is 4. The van der Waals surface area contributed by atoms with Crippen molar-refractivity contribution < 1.29 is 31.2 Å². The van der Waals surface area contributed by atoms with Crippen LogP contribution in [0.4, 0.5) is 13.2 Å². The van der Waals surface area contributed by atoms with Crippen molar-refractivity contribution in [3.63, 3.8) is 0 Å². The van der Waals surface area contributed by atoms with Gasteiger partial charge in [-0.1, -0.05) is 42.5 Å². The molecule has 1 heterocycles. The average molecular weight is 481 g/mol. The van der Waals surface area contributed by atoms with Crippen LogP contribution < -0.4 is 15.6 Å². The van der Waals surface area contributed by atoms with Crippen molar-refractivity contribution in [1.29, 1.82) is 0 Å². The first kappa shape index (κ1) is 23.9. The molecule has 3 rings (SSSR count). The van der Waals surface area contributed by atoms with E-state index in [9.17, 15) is 31.2 Å². The highest BCUT2D eigenvalue weighted by Gasteiger charge is 2.37. The first-order valence-electron chi connectivity index (χ1n) is 9.38. The van der Waals surface area contributed by atoms with E-state index in [-0.39, 0.29) is 5.69 Å². The Balaban J connectivity index is 1.62. The third-order valence-corrected chi connectivity index (χ3v) is 6.00. The number of hydrogen-bond acceptors (Lipinski definition) is 5. The van der Waals surface area contributed by atoms with Gasteiger partial charge in [0, 0.05) is 5.56 Å². The molecule has 1 atom stereocenters. The molecule has 0 spiro atoms. The number of nitrogens with zero attached hydrogens (tertiary/aromatic N) is 1. The molecule has 0 fully saturated rings. The lowest BCUT2D eigenvalue weighted by Crippen LogP contribution is -2.51. The Bertz CT molecular complexity index is 1260. The van der Waals surface area contributed by atoms with Gasteiger partial charge in [0.2, 0.25) is 10.0 Å². The van der Waals surface area contributed by atoms with Crippen LogP contribution in [0.2, 0.25) is 0 Å². The van der Waals surface area contributed by atoms with Crippen LogP contribution in [0.1, 0.15) is 23.0 Å². The molecular formula is C20H18F3N5O4S. The summed E-state index contributed by atoms with van der Waals surface area (Å²) in [5.74, 6) is -1.77. The number of carbonyl (C=O) groups excluding carboxylic acids is 2. The SMILES string of the molecule is C[C@H](NS(=O)(=O)c1ccccc1C(F)(F)F)C(=O)NNC(=O)c1cc(-c2ccccc2)n[nH]1. The number of amides is 2. The number of sulfonamides is 1. The Morgan fingerprint density at radius 3 is 2.30 bits per heavy atom. The van der Waals surface area contributed by atoms with Gasteiger partial charge in [0.1, 0.15) is 5.69 Å². The van der Waals surface area contributed by atoms with Crippen molar-refractivity contribution in [1.82, 2.24) is 25.8 Å². The molecule has 0 saturated heterocycles. The fourth-order valence-electron chi connectivity index (χ4n) is 2.77. The highest BCUT2D eigenvalue weighted by molar-refractivity contribution is 7.89. The molecule has 2 amide bonds. The van der Waals surface area contributed by atoms with E-state index in [4.69, 9.17) is 0 Å². The van der Waals surface area contributed by atoms with Gasteiger partial charge in [0.25, 0.3) is 11.8 Å². The molecule has 1 aromatic heterocycles. The van der Waals surface area contributed by atoms with Crippen molar-refractivity contribution in [2.75, 3.05) is 0 Å². The largest absolute Gasteiger partial charge is 0.417 e. The van der Waals surface area contributed by atoms with Crippen molar-refractivity contribution >= 4 is 21.8 Å². The predicted molar refractivity (Wildman–Crippen MR) is 111 cm³/mol. The van der Waals surface area contributed by atoms with E-state index in [0.717, 1.165) is 30.7 Å². The summed E-state index contributed by atoms with van der Waals surface area (Å²) in [6, 6.07) is 12.5. The number of alkyl halides is 3. The molecule has 3 aromatic rings. The number of rotatable bonds is 6. The quantitative estimate of drug-likeness (QED) is 0.401. The van der Waals surface area contributed by atoms with E-state index < -0.39 is 44.5 Å². The highest BCUT2D eigenvalue weighted by atomic mass is 32.2. The van der Waals surface area contributed by atoms with Crippen LogP contribution in [0.5, 0.6) is 0 Å². The summed E-state index contributed by atoms with van der Waals surface area (Å²) in [7, 11) is -4.70. The molecule has 9 nitrogen and oxygen atoms in total. The number of aromatic nitrogens is 2. The van der Waals surface area contributed by atoms with Crippen LogP contribution in [0.25, 0.3) is 11.3 Å². The molecule has 13 heteroatoms. The van der Waals surface area contributed by atoms with Crippen LogP contribution in [0.15, 0.2) is 65.6 Å². The number of benzene rings is 2. The summed E-state index contributed by atoms with van der Waals surface area (Å²) in [4.78, 5) is 23.4. The highest BCUT2D eigenvalue weighted by Crippen LogP contribution is 2.33. The topological polar surface area (TPSA) is 133 Å². The second kappa shape index (κ2) is 9.42. The maximum Gasteiger partial charge on any atom is 0.417 e. The molecule has 2 aromatic carbocycles. The van der Waals surface area contributed by atoms with Crippen LogP contribution in [0, 0.1) is 0 Å². The van der Waals surface area contributed by atoms with Gasteiger partial charge in [-0.05, 0) is 25.1 Å². The maximum absolute atomic E-state index is 13.1. The normalized spacial score (nSPS) is 12.7. The van der Waals surface area contributed by atoms with Gasteiger partial charge in [-0.3, -0.25) is 25.5 Å². The van der Waals surface area contributed by atoms with Gasteiger partial charge >= 0.3 is 6.18 Å². The minimum Gasteiger partial charge on any atom is -0.272 e. The lowest BCUT2D eigenvalue weighted by Gasteiger charge is -2.17. The number of halogens is 3. The van der Waals surface area contributed by atoms with Gasteiger partial charge in [-0.25, -0.2) is 8.42 Å². The maximum atomic E-state index is 13.1. The Morgan fingerprint density at radius 1 is 1.00 bits per heavy atom. The van der Waals surface area contributed by atoms with Crippen molar-refractivity contribution in [2.24, 2.45) is 0 Å². The summed E-state index contributed by atoms with van der Waals surface area (Å²) in [6.07, 6.45) is -4.91. The van der Waals surface area contributed by atoms with E-state index in [1.807, 2.05) is 16.2 Å². The van der Waals surface area contributed by atoms with Crippen LogP contribution >= 0.6 is 0 Å². The summed E-state index contributed by atoms with van der Waals surface area (Å²) in [5, 5.41) is 6.50. The molecule has 0 aliphatic carbocycles. The van der Waals surface area contributed by atoms with Gasteiger partial charge in [-0.15, -0.1) is 0 Å². The Kier molecular flexibility index (Phi) is 6.84. The second-order valence-corrected chi connectivity index (χ2v) is 8.50. The summed E-state index contributed by atoms with van der Waals surface area (Å²) in [5.41, 5.74) is 3.97. The van der Waals surface area contributed by atoms with E-state index >= 15 is 0 Å². The molecule has 174 valence electrons. The Labute approximate surface area is 186 Å². The lowest BCUT2D eigenvalue weighted by atomic mass is 10.1. The van der Waals surface area contributed by atoms with E-state index in [2.05, 4.69) is 15.6 Å². The lowest BCUT2D eigenvalue weighted by molar-refractivity contribution is -0.139. The molecule has 0 saturated carbocycles. The number of H-pyrrole nitrogens is 1. The Hall–Kier alpha value is -3.71. The molecule has 0 aliphatic heterocycles. The fourth-order valence-corrected chi connectivity index (χ4v) is 4.20. The minimum atomic E-state index is -4.91. The number of hydrazine groups is 1. The summed E-state index contributed by atoms with van der Waals surface area (Å²) >= 11 is 0.